The highest BCUT2D eigenvalue weighted by Gasteiger charge is 2.11. The van der Waals surface area contributed by atoms with Crippen LogP contribution in [0.1, 0.15) is 5.56 Å². The van der Waals surface area contributed by atoms with Gasteiger partial charge < -0.3 is 0 Å². The molecule has 7 heteroatoms. The van der Waals surface area contributed by atoms with Crippen molar-refractivity contribution in [3.05, 3.63) is 63.3 Å². The number of tetrazole rings is 1. The standard InChI is InChI=1S/C14H9BrClFN4/c15-10-6-5-9(13(17)7-10)8-21-19-14(18-20-21)11-3-1-2-4-12(11)16/h1-7H,8H2. The first kappa shape index (κ1) is 14.2. The molecule has 21 heavy (non-hydrogen) atoms. The number of rotatable bonds is 3. The summed E-state index contributed by atoms with van der Waals surface area (Å²) in [5, 5.41) is 12.7. The Labute approximate surface area is 133 Å². The van der Waals surface area contributed by atoms with Gasteiger partial charge in [0.2, 0.25) is 5.82 Å². The average molecular weight is 368 g/mol. The van der Waals surface area contributed by atoms with Gasteiger partial charge in [0.05, 0.1) is 11.6 Å². The zero-order valence-electron chi connectivity index (χ0n) is 10.7. The Bertz CT molecular complexity index is 790. The Balaban J connectivity index is 1.87. The van der Waals surface area contributed by atoms with Gasteiger partial charge in [-0.2, -0.15) is 4.80 Å². The number of benzene rings is 2. The van der Waals surface area contributed by atoms with Gasteiger partial charge in [0.25, 0.3) is 0 Å². The molecule has 0 radical (unpaired) electrons. The topological polar surface area (TPSA) is 43.6 Å². The number of aromatic nitrogens is 4. The van der Waals surface area contributed by atoms with Crippen LogP contribution in [0.2, 0.25) is 5.02 Å². The molecule has 1 aromatic heterocycles. The molecule has 0 N–H and O–H groups in total. The van der Waals surface area contributed by atoms with Crippen LogP contribution in [0.4, 0.5) is 4.39 Å². The van der Waals surface area contributed by atoms with Gasteiger partial charge in [0, 0.05) is 15.6 Å². The molecule has 3 rings (SSSR count). The number of halogens is 3. The fourth-order valence-electron chi connectivity index (χ4n) is 1.86. The Morgan fingerprint density at radius 2 is 2.00 bits per heavy atom. The highest BCUT2D eigenvalue weighted by Crippen LogP contribution is 2.23. The lowest BCUT2D eigenvalue weighted by atomic mass is 10.2. The van der Waals surface area contributed by atoms with Crippen LogP contribution in [0.25, 0.3) is 11.4 Å². The first-order valence-corrected chi connectivity index (χ1v) is 7.27. The molecule has 0 amide bonds. The smallest absolute Gasteiger partial charge is 0.206 e. The molecule has 0 aliphatic carbocycles. The summed E-state index contributed by atoms with van der Waals surface area (Å²) in [5.41, 5.74) is 1.18. The molecule has 0 fully saturated rings. The molecule has 4 nitrogen and oxygen atoms in total. The second-order valence-electron chi connectivity index (χ2n) is 4.36. The van der Waals surface area contributed by atoms with Crippen LogP contribution in [0, 0.1) is 5.82 Å². The van der Waals surface area contributed by atoms with E-state index < -0.39 is 0 Å². The number of hydrogen-bond donors (Lipinski definition) is 0. The molecule has 0 unspecified atom stereocenters. The van der Waals surface area contributed by atoms with E-state index >= 15 is 0 Å². The first-order chi connectivity index (χ1) is 10.1. The third-order valence-electron chi connectivity index (χ3n) is 2.89. The highest BCUT2D eigenvalue weighted by atomic mass is 79.9. The van der Waals surface area contributed by atoms with Crippen molar-refractivity contribution >= 4 is 27.5 Å². The Morgan fingerprint density at radius 1 is 1.19 bits per heavy atom. The average Bonchev–Trinajstić information content (AvgIpc) is 2.91. The van der Waals surface area contributed by atoms with Crippen LogP contribution in [-0.2, 0) is 6.54 Å². The number of nitrogens with zero attached hydrogens (tertiary/aromatic N) is 4. The summed E-state index contributed by atoms with van der Waals surface area (Å²) in [7, 11) is 0. The van der Waals surface area contributed by atoms with Crippen molar-refractivity contribution in [3.8, 4) is 11.4 Å². The van der Waals surface area contributed by atoms with E-state index in [9.17, 15) is 4.39 Å². The maximum absolute atomic E-state index is 13.8. The van der Waals surface area contributed by atoms with E-state index in [0.717, 1.165) is 0 Å². The zero-order chi connectivity index (χ0) is 14.8. The normalized spacial score (nSPS) is 10.8. The zero-order valence-corrected chi connectivity index (χ0v) is 13.0. The van der Waals surface area contributed by atoms with E-state index in [1.807, 2.05) is 18.2 Å². The molecule has 0 aliphatic heterocycles. The molecule has 0 bridgehead atoms. The SMILES string of the molecule is Fc1cc(Br)ccc1Cn1nnc(-c2ccccc2Cl)n1. The lowest BCUT2D eigenvalue weighted by molar-refractivity contribution is 0.538. The van der Waals surface area contributed by atoms with Crippen LogP contribution in [0.15, 0.2) is 46.9 Å². The maximum atomic E-state index is 13.8. The molecule has 0 spiro atoms. The van der Waals surface area contributed by atoms with Gasteiger partial charge in [-0.3, -0.25) is 0 Å². The van der Waals surface area contributed by atoms with Gasteiger partial charge >= 0.3 is 0 Å². The van der Waals surface area contributed by atoms with Crippen molar-refractivity contribution in [1.29, 1.82) is 0 Å². The second-order valence-corrected chi connectivity index (χ2v) is 5.68. The lowest BCUT2D eigenvalue weighted by Crippen LogP contribution is -2.05. The minimum atomic E-state index is -0.319. The van der Waals surface area contributed by atoms with Crippen molar-refractivity contribution in [1.82, 2.24) is 20.2 Å². The van der Waals surface area contributed by atoms with Gasteiger partial charge in [0.15, 0.2) is 0 Å². The molecular weight excluding hydrogens is 359 g/mol. The minimum absolute atomic E-state index is 0.205. The van der Waals surface area contributed by atoms with Gasteiger partial charge in [-0.05, 0) is 29.5 Å². The van der Waals surface area contributed by atoms with Crippen LogP contribution in [0.5, 0.6) is 0 Å². The quantitative estimate of drug-likeness (QED) is 0.704. The van der Waals surface area contributed by atoms with Crippen molar-refractivity contribution in [2.24, 2.45) is 0 Å². The summed E-state index contributed by atoms with van der Waals surface area (Å²) in [6.45, 7) is 0.205. The van der Waals surface area contributed by atoms with Crippen LogP contribution < -0.4 is 0 Å². The van der Waals surface area contributed by atoms with Crippen LogP contribution in [-0.4, -0.2) is 20.2 Å². The molecule has 0 atom stereocenters. The lowest BCUT2D eigenvalue weighted by Gasteiger charge is -2.02. The molecule has 2 aromatic carbocycles. The third-order valence-corrected chi connectivity index (χ3v) is 3.72. The Hall–Kier alpha value is -1.79. The molecule has 0 saturated carbocycles. The fourth-order valence-corrected chi connectivity index (χ4v) is 2.42. The van der Waals surface area contributed by atoms with Gasteiger partial charge in [-0.15, -0.1) is 10.2 Å². The summed E-state index contributed by atoms with van der Waals surface area (Å²) in [5.74, 6) is 0.0964. The molecule has 0 saturated heterocycles. The van der Waals surface area contributed by atoms with Crippen LogP contribution in [0.3, 0.4) is 0 Å². The largest absolute Gasteiger partial charge is 0.207 e. The Morgan fingerprint density at radius 3 is 2.76 bits per heavy atom. The van der Waals surface area contributed by atoms with Crippen LogP contribution >= 0.6 is 27.5 Å². The van der Waals surface area contributed by atoms with E-state index in [0.29, 0.717) is 26.4 Å². The molecular formula is C14H9BrClFN4. The monoisotopic (exact) mass is 366 g/mol. The van der Waals surface area contributed by atoms with Gasteiger partial charge in [-0.1, -0.05) is 45.7 Å². The summed E-state index contributed by atoms with van der Waals surface area (Å²) in [6, 6.07) is 12.1. The first-order valence-electron chi connectivity index (χ1n) is 6.10. The van der Waals surface area contributed by atoms with E-state index in [1.54, 1.807) is 18.2 Å². The van der Waals surface area contributed by atoms with E-state index in [4.69, 9.17) is 11.6 Å². The summed E-state index contributed by atoms with van der Waals surface area (Å²) >= 11 is 9.31. The highest BCUT2D eigenvalue weighted by molar-refractivity contribution is 9.10. The van der Waals surface area contributed by atoms with E-state index in [2.05, 4.69) is 31.3 Å². The third kappa shape index (κ3) is 3.11. The van der Waals surface area contributed by atoms with Gasteiger partial charge in [0.1, 0.15) is 5.82 Å². The van der Waals surface area contributed by atoms with Crippen molar-refractivity contribution in [3.63, 3.8) is 0 Å². The molecule has 106 valence electrons. The fraction of sp³-hybridized carbons (Fsp3) is 0.0714. The minimum Gasteiger partial charge on any atom is -0.207 e. The van der Waals surface area contributed by atoms with E-state index in [1.165, 1.54) is 10.9 Å². The summed E-state index contributed by atoms with van der Waals surface area (Å²) < 4.78 is 14.5. The van der Waals surface area contributed by atoms with Crippen molar-refractivity contribution in [2.45, 2.75) is 6.54 Å². The van der Waals surface area contributed by atoms with Gasteiger partial charge in [-0.25, -0.2) is 4.39 Å². The molecule has 3 aromatic rings. The number of hydrogen-bond acceptors (Lipinski definition) is 3. The predicted octanol–water partition coefficient (Wildman–Crippen LogP) is 3.94. The van der Waals surface area contributed by atoms with E-state index in [-0.39, 0.29) is 12.4 Å². The van der Waals surface area contributed by atoms with Crippen molar-refractivity contribution < 1.29 is 4.39 Å². The second kappa shape index (κ2) is 5.91. The summed E-state index contributed by atoms with van der Waals surface area (Å²) in [4.78, 5) is 1.34. The van der Waals surface area contributed by atoms with Crippen molar-refractivity contribution in [2.75, 3.05) is 0 Å². The molecule has 1 heterocycles. The molecule has 0 aliphatic rings. The maximum Gasteiger partial charge on any atom is 0.206 e. The predicted molar refractivity (Wildman–Crippen MR) is 81.5 cm³/mol. The Kier molecular flexibility index (Phi) is 3.98. The summed E-state index contributed by atoms with van der Waals surface area (Å²) in [6.07, 6.45) is 0.